The molecule has 1 aliphatic rings. The number of fused-ring (bicyclic) bond motifs is 3. The van der Waals surface area contributed by atoms with Crippen LogP contribution in [-0.2, 0) is 0 Å². The number of nitrogens with one attached hydrogen (secondary N) is 1. The van der Waals surface area contributed by atoms with Gasteiger partial charge in [-0.15, -0.1) is 0 Å². The molecule has 2 aromatic heterocycles. The maximum Gasteiger partial charge on any atom is 0.139 e. The Kier molecular flexibility index (Phi) is 4.28. The summed E-state index contributed by atoms with van der Waals surface area (Å²) in [6, 6.07) is 30.4. The summed E-state index contributed by atoms with van der Waals surface area (Å²) in [7, 11) is 0. The Morgan fingerprint density at radius 3 is 1.94 bits per heavy atom. The molecule has 5 heteroatoms. The summed E-state index contributed by atoms with van der Waals surface area (Å²) in [4.78, 5) is 11.1. The SMILES string of the molecule is Oc1cccc2c1NC(C(c1ccc3ccccc3n1)c1ccc3ccccc3n1)S2. The van der Waals surface area contributed by atoms with Crippen LogP contribution in [0.5, 0.6) is 5.75 Å². The Morgan fingerprint density at radius 1 is 0.710 bits per heavy atom. The average Bonchev–Trinajstić information content (AvgIpc) is 3.24. The molecule has 4 nitrogen and oxygen atoms in total. The predicted octanol–water partition coefficient (Wildman–Crippen LogP) is 6.16. The van der Waals surface area contributed by atoms with Gasteiger partial charge in [-0.2, -0.15) is 0 Å². The van der Waals surface area contributed by atoms with Crippen LogP contribution in [0.25, 0.3) is 21.8 Å². The van der Waals surface area contributed by atoms with Gasteiger partial charge in [-0.05, 0) is 36.4 Å². The molecule has 0 aliphatic carbocycles. The third-order valence-electron chi connectivity index (χ3n) is 5.72. The molecular formula is C26H19N3OS. The smallest absolute Gasteiger partial charge is 0.139 e. The predicted molar refractivity (Wildman–Crippen MR) is 127 cm³/mol. The van der Waals surface area contributed by atoms with Crippen molar-refractivity contribution in [2.24, 2.45) is 0 Å². The number of hydrogen-bond donors (Lipinski definition) is 2. The highest BCUT2D eigenvalue weighted by Gasteiger charge is 2.34. The number of thioether (sulfide) groups is 1. The van der Waals surface area contributed by atoms with Crippen molar-refractivity contribution in [2.75, 3.05) is 5.32 Å². The number of phenolic OH excluding ortho intramolecular Hbond substituents is 1. The van der Waals surface area contributed by atoms with E-state index in [1.54, 1.807) is 17.8 Å². The van der Waals surface area contributed by atoms with E-state index in [1.807, 2.05) is 48.5 Å². The number of para-hydroxylation sites is 3. The van der Waals surface area contributed by atoms with Crippen molar-refractivity contribution in [3.8, 4) is 5.75 Å². The normalized spacial score (nSPS) is 15.3. The lowest BCUT2D eigenvalue weighted by Crippen LogP contribution is -2.23. The summed E-state index contributed by atoms with van der Waals surface area (Å²) < 4.78 is 0. The molecule has 0 spiro atoms. The Hall–Kier alpha value is -3.57. The van der Waals surface area contributed by atoms with Crippen LogP contribution in [0.2, 0.25) is 0 Å². The summed E-state index contributed by atoms with van der Waals surface area (Å²) in [5.41, 5.74) is 4.63. The Balaban J connectivity index is 1.50. The van der Waals surface area contributed by atoms with E-state index in [-0.39, 0.29) is 17.0 Å². The van der Waals surface area contributed by atoms with Crippen LogP contribution in [0.3, 0.4) is 0 Å². The molecule has 0 fully saturated rings. The summed E-state index contributed by atoms with van der Waals surface area (Å²) in [5, 5.41) is 16.1. The third kappa shape index (κ3) is 3.18. The molecule has 0 bridgehead atoms. The van der Waals surface area contributed by atoms with Crippen LogP contribution < -0.4 is 5.32 Å². The molecule has 3 aromatic carbocycles. The zero-order valence-corrected chi connectivity index (χ0v) is 17.4. The van der Waals surface area contributed by atoms with Gasteiger partial charge >= 0.3 is 0 Å². The van der Waals surface area contributed by atoms with Crippen LogP contribution in [0.1, 0.15) is 17.3 Å². The van der Waals surface area contributed by atoms with Gasteiger partial charge in [-0.1, -0.05) is 66.4 Å². The summed E-state index contributed by atoms with van der Waals surface area (Å²) in [5.74, 6) is 0.176. The standard InChI is InChI=1S/C26H19N3OS/c30-22-10-5-11-23-25(22)29-26(31-23)24(20-14-12-16-6-1-3-8-18(16)27-20)21-15-13-17-7-2-4-9-19(17)28-21/h1-15,24,26,29-30H. The van der Waals surface area contributed by atoms with E-state index >= 15 is 0 Å². The topological polar surface area (TPSA) is 58.0 Å². The van der Waals surface area contributed by atoms with Crippen molar-refractivity contribution in [3.63, 3.8) is 0 Å². The van der Waals surface area contributed by atoms with Crippen molar-refractivity contribution >= 4 is 39.3 Å². The van der Waals surface area contributed by atoms with E-state index in [0.717, 1.165) is 43.8 Å². The molecule has 0 saturated carbocycles. The molecule has 1 unspecified atom stereocenters. The second-order valence-electron chi connectivity index (χ2n) is 7.67. The minimum absolute atomic E-state index is 0.0365. The largest absolute Gasteiger partial charge is 0.506 e. The number of pyridine rings is 2. The number of rotatable bonds is 3. The fourth-order valence-electron chi connectivity index (χ4n) is 4.19. The molecule has 6 rings (SSSR count). The first-order valence-corrected chi connectivity index (χ1v) is 11.1. The highest BCUT2D eigenvalue weighted by atomic mass is 32.2. The van der Waals surface area contributed by atoms with Gasteiger partial charge in [0.05, 0.1) is 39.4 Å². The number of anilines is 1. The van der Waals surface area contributed by atoms with Gasteiger partial charge in [0.1, 0.15) is 5.75 Å². The van der Waals surface area contributed by atoms with Gasteiger partial charge < -0.3 is 10.4 Å². The van der Waals surface area contributed by atoms with E-state index in [0.29, 0.717) is 0 Å². The first kappa shape index (κ1) is 18.2. The van der Waals surface area contributed by atoms with Crippen molar-refractivity contribution in [1.29, 1.82) is 0 Å². The number of aromatic hydroxyl groups is 1. The first-order valence-electron chi connectivity index (χ1n) is 10.2. The molecule has 0 amide bonds. The second kappa shape index (κ2) is 7.29. The number of aromatic nitrogens is 2. The van der Waals surface area contributed by atoms with Crippen molar-refractivity contribution < 1.29 is 5.11 Å². The quantitative estimate of drug-likeness (QED) is 0.342. The average molecular weight is 422 g/mol. The second-order valence-corrected chi connectivity index (χ2v) is 8.85. The molecule has 5 aromatic rings. The number of benzene rings is 3. The van der Waals surface area contributed by atoms with E-state index in [9.17, 15) is 5.11 Å². The van der Waals surface area contributed by atoms with Gasteiger partial charge in [-0.3, -0.25) is 9.97 Å². The first-order chi connectivity index (χ1) is 15.3. The molecule has 2 N–H and O–H groups in total. The van der Waals surface area contributed by atoms with E-state index < -0.39 is 0 Å². The van der Waals surface area contributed by atoms with Crippen molar-refractivity contribution in [3.05, 3.63) is 102 Å². The minimum Gasteiger partial charge on any atom is -0.506 e. The molecule has 1 aliphatic heterocycles. The number of hydrogen-bond acceptors (Lipinski definition) is 5. The van der Waals surface area contributed by atoms with E-state index in [2.05, 4.69) is 41.7 Å². The Morgan fingerprint density at radius 2 is 1.32 bits per heavy atom. The molecule has 0 saturated heterocycles. The minimum atomic E-state index is -0.0917. The monoisotopic (exact) mass is 421 g/mol. The lowest BCUT2D eigenvalue weighted by atomic mass is 9.97. The maximum atomic E-state index is 10.3. The van der Waals surface area contributed by atoms with E-state index in [1.165, 1.54) is 0 Å². The molecule has 0 radical (unpaired) electrons. The van der Waals surface area contributed by atoms with E-state index in [4.69, 9.17) is 9.97 Å². The van der Waals surface area contributed by atoms with Crippen LogP contribution in [0.4, 0.5) is 5.69 Å². The van der Waals surface area contributed by atoms with Gasteiger partial charge in [0.15, 0.2) is 0 Å². The summed E-state index contributed by atoms with van der Waals surface area (Å²) in [6.45, 7) is 0. The lowest BCUT2D eigenvalue weighted by Gasteiger charge is -2.23. The van der Waals surface area contributed by atoms with Crippen LogP contribution in [0, 0.1) is 0 Å². The fourth-order valence-corrected chi connectivity index (χ4v) is 5.50. The van der Waals surface area contributed by atoms with Crippen LogP contribution >= 0.6 is 11.8 Å². The Labute approximate surface area is 184 Å². The number of phenols is 1. The van der Waals surface area contributed by atoms with Crippen molar-refractivity contribution in [1.82, 2.24) is 9.97 Å². The van der Waals surface area contributed by atoms with Crippen molar-refractivity contribution in [2.45, 2.75) is 16.2 Å². The molecule has 3 heterocycles. The fraction of sp³-hybridized carbons (Fsp3) is 0.0769. The van der Waals surface area contributed by atoms with Gasteiger partial charge in [0, 0.05) is 15.7 Å². The Bertz CT molecular complexity index is 1360. The van der Waals surface area contributed by atoms with Gasteiger partial charge in [0.2, 0.25) is 0 Å². The highest BCUT2D eigenvalue weighted by molar-refractivity contribution is 8.00. The zero-order chi connectivity index (χ0) is 20.8. The van der Waals surface area contributed by atoms with Crippen LogP contribution in [0.15, 0.2) is 95.9 Å². The molecule has 31 heavy (non-hydrogen) atoms. The maximum absolute atomic E-state index is 10.3. The summed E-state index contributed by atoms with van der Waals surface area (Å²) in [6.07, 6.45) is 0. The van der Waals surface area contributed by atoms with Crippen LogP contribution in [-0.4, -0.2) is 20.4 Å². The summed E-state index contributed by atoms with van der Waals surface area (Å²) >= 11 is 1.71. The molecule has 1 atom stereocenters. The van der Waals surface area contributed by atoms with Gasteiger partial charge in [-0.25, -0.2) is 0 Å². The molecule has 150 valence electrons. The zero-order valence-electron chi connectivity index (χ0n) is 16.6. The third-order valence-corrected chi connectivity index (χ3v) is 6.96. The number of nitrogens with zero attached hydrogens (tertiary/aromatic N) is 2. The highest BCUT2D eigenvalue weighted by Crippen LogP contribution is 2.48. The van der Waals surface area contributed by atoms with Gasteiger partial charge in [0.25, 0.3) is 0 Å². The lowest BCUT2D eigenvalue weighted by molar-refractivity contribution is 0.476. The molecular weight excluding hydrogens is 402 g/mol.